The molecular formula is C10H12N2O4S. The zero-order valence-electron chi connectivity index (χ0n) is 8.92. The van der Waals surface area contributed by atoms with Crippen LogP contribution in [0.25, 0.3) is 0 Å². The van der Waals surface area contributed by atoms with Gasteiger partial charge in [0.25, 0.3) is 5.91 Å². The monoisotopic (exact) mass is 256 g/mol. The van der Waals surface area contributed by atoms with Crippen molar-refractivity contribution in [2.24, 2.45) is 5.73 Å². The van der Waals surface area contributed by atoms with Gasteiger partial charge in [-0.3, -0.25) is 4.79 Å². The standard InChI is InChI=1S/C10H12N2O4S/c11-5-8-1-2-9(16-8)10(13)12-7-3-4-17(14,15)6-7/h1-4,7H,5-6,11H2,(H,12,13). The Balaban J connectivity index is 2.01. The molecule has 0 aliphatic carbocycles. The zero-order chi connectivity index (χ0) is 12.5. The Kier molecular flexibility index (Phi) is 3.03. The Bertz CT molecular complexity index is 559. The van der Waals surface area contributed by atoms with Crippen LogP contribution in [0.4, 0.5) is 0 Å². The summed E-state index contributed by atoms with van der Waals surface area (Å²) in [6.45, 7) is 0.213. The van der Waals surface area contributed by atoms with Crippen LogP contribution < -0.4 is 11.1 Å². The van der Waals surface area contributed by atoms with E-state index in [-0.39, 0.29) is 18.1 Å². The number of rotatable bonds is 3. The zero-order valence-corrected chi connectivity index (χ0v) is 9.74. The highest BCUT2D eigenvalue weighted by molar-refractivity contribution is 7.94. The largest absolute Gasteiger partial charge is 0.455 e. The summed E-state index contributed by atoms with van der Waals surface area (Å²) in [5.41, 5.74) is 5.35. The van der Waals surface area contributed by atoms with Gasteiger partial charge in [-0.05, 0) is 18.2 Å². The van der Waals surface area contributed by atoms with Gasteiger partial charge in [0, 0.05) is 5.41 Å². The number of nitrogens with two attached hydrogens (primary N) is 1. The molecule has 0 saturated heterocycles. The molecule has 1 atom stereocenters. The molecule has 1 aromatic heterocycles. The summed E-state index contributed by atoms with van der Waals surface area (Å²) in [7, 11) is -3.17. The maximum absolute atomic E-state index is 11.7. The molecule has 1 unspecified atom stereocenters. The first-order valence-electron chi connectivity index (χ1n) is 5.01. The number of furan rings is 1. The quantitative estimate of drug-likeness (QED) is 0.778. The van der Waals surface area contributed by atoms with E-state index in [9.17, 15) is 13.2 Å². The molecule has 1 amide bonds. The summed E-state index contributed by atoms with van der Waals surface area (Å²) in [6, 6.07) is 2.61. The van der Waals surface area contributed by atoms with Crippen molar-refractivity contribution in [1.82, 2.24) is 5.32 Å². The minimum atomic E-state index is -3.17. The predicted octanol–water partition coefficient (Wildman–Crippen LogP) is -0.221. The van der Waals surface area contributed by atoms with E-state index in [2.05, 4.69) is 5.32 Å². The van der Waals surface area contributed by atoms with Gasteiger partial charge >= 0.3 is 0 Å². The molecule has 0 spiro atoms. The summed E-state index contributed by atoms with van der Waals surface area (Å²) < 4.78 is 27.4. The number of hydrogen-bond acceptors (Lipinski definition) is 5. The molecule has 3 N–H and O–H groups in total. The number of sulfone groups is 1. The summed E-state index contributed by atoms with van der Waals surface area (Å²) >= 11 is 0. The molecular weight excluding hydrogens is 244 g/mol. The topological polar surface area (TPSA) is 102 Å². The Morgan fingerprint density at radius 3 is 2.82 bits per heavy atom. The van der Waals surface area contributed by atoms with E-state index in [1.807, 2.05) is 0 Å². The average Bonchev–Trinajstić information content (AvgIpc) is 2.85. The Morgan fingerprint density at radius 2 is 2.29 bits per heavy atom. The van der Waals surface area contributed by atoms with Crippen molar-refractivity contribution >= 4 is 15.7 Å². The van der Waals surface area contributed by atoms with Crippen LogP contribution in [0.3, 0.4) is 0 Å². The van der Waals surface area contributed by atoms with Crippen molar-refractivity contribution in [3.8, 4) is 0 Å². The molecule has 6 nitrogen and oxygen atoms in total. The Hall–Kier alpha value is -1.60. The minimum absolute atomic E-state index is 0.108. The third kappa shape index (κ3) is 2.75. The number of amides is 1. The smallest absolute Gasteiger partial charge is 0.287 e. The third-order valence-electron chi connectivity index (χ3n) is 2.33. The van der Waals surface area contributed by atoms with Crippen LogP contribution in [0.2, 0.25) is 0 Å². The van der Waals surface area contributed by atoms with Crippen LogP contribution in [0.15, 0.2) is 28.0 Å². The molecule has 0 bridgehead atoms. The van der Waals surface area contributed by atoms with Crippen molar-refractivity contribution < 1.29 is 17.6 Å². The molecule has 0 radical (unpaired) electrons. The molecule has 2 rings (SSSR count). The van der Waals surface area contributed by atoms with Crippen molar-refractivity contribution in [1.29, 1.82) is 0 Å². The first-order valence-corrected chi connectivity index (χ1v) is 6.72. The van der Waals surface area contributed by atoms with Crippen LogP contribution in [-0.4, -0.2) is 26.1 Å². The van der Waals surface area contributed by atoms with Crippen LogP contribution in [0.1, 0.15) is 16.3 Å². The highest BCUT2D eigenvalue weighted by Gasteiger charge is 2.24. The number of nitrogens with one attached hydrogen (secondary N) is 1. The predicted molar refractivity (Wildman–Crippen MR) is 60.8 cm³/mol. The summed E-state index contributed by atoms with van der Waals surface area (Å²) in [5, 5.41) is 3.65. The summed E-state index contributed by atoms with van der Waals surface area (Å²) in [5.74, 6) is 0.0766. The normalized spacial score (nSPS) is 21.6. The van der Waals surface area contributed by atoms with Gasteiger partial charge in [0.15, 0.2) is 15.6 Å². The summed E-state index contributed by atoms with van der Waals surface area (Å²) in [4.78, 5) is 11.7. The van der Waals surface area contributed by atoms with Gasteiger partial charge in [-0.15, -0.1) is 0 Å². The number of carbonyl (C=O) groups excluding carboxylic acids is 1. The number of carbonyl (C=O) groups is 1. The van der Waals surface area contributed by atoms with Crippen LogP contribution in [0, 0.1) is 0 Å². The van der Waals surface area contributed by atoms with E-state index in [1.54, 1.807) is 6.07 Å². The third-order valence-corrected chi connectivity index (χ3v) is 3.73. The van der Waals surface area contributed by atoms with Crippen molar-refractivity contribution in [3.63, 3.8) is 0 Å². The molecule has 0 saturated carbocycles. The van der Waals surface area contributed by atoms with Crippen LogP contribution >= 0.6 is 0 Å². The molecule has 0 aromatic carbocycles. The van der Waals surface area contributed by atoms with Gasteiger partial charge in [0.1, 0.15) is 5.76 Å². The van der Waals surface area contributed by atoms with E-state index in [1.165, 1.54) is 12.1 Å². The van der Waals surface area contributed by atoms with Gasteiger partial charge in [-0.25, -0.2) is 8.42 Å². The van der Waals surface area contributed by atoms with Crippen molar-refractivity contribution in [2.75, 3.05) is 5.75 Å². The fraction of sp³-hybridized carbons (Fsp3) is 0.300. The van der Waals surface area contributed by atoms with E-state index in [0.29, 0.717) is 5.76 Å². The highest BCUT2D eigenvalue weighted by Crippen LogP contribution is 2.11. The van der Waals surface area contributed by atoms with Crippen molar-refractivity contribution in [3.05, 3.63) is 35.1 Å². The minimum Gasteiger partial charge on any atom is -0.455 e. The molecule has 1 aromatic rings. The van der Waals surface area contributed by atoms with Gasteiger partial charge in [-0.2, -0.15) is 0 Å². The van der Waals surface area contributed by atoms with E-state index < -0.39 is 21.8 Å². The fourth-order valence-corrected chi connectivity index (χ4v) is 2.75. The van der Waals surface area contributed by atoms with E-state index >= 15 is 0 Å². The SMILES string of the molecule is NCc1ccc(C(=O)NC2C=CS(=O)(=O)C2)o1. The van der Waals surface area contributed by atoms with Gasteiger partial charge < -0.3 is 15.5 Å². The lowest BCUT2D eigenvalue weighted by molar-refractivity contribution is 0.0918. The lowest BCUT2D eigenvalue weighted by Gasteiger charge is -2.07. The lowest BCUT2D eigenvalue weighted by atomic mass is 10.3. The fourth-order valence-electron chi connectivity index (χ4n) is 1.51. The molecule has 1 aliphatic rings. The van der Waals surface area contributed by atoms with E-state index in [4.69, 9.17) is 10.2 Å². The molecule has 92 valence electrons. The van der Waals surface area contributed by atoms with Gasteiger partial charge in [0.05, 0.1) is 18.3 Å². The van der Waals surface area contributed by atoms with Crippen molar-refractivity contribution in [2.45, 2.75) is 12.6 Å². The van der Waals surface area contributed by atoms with Gasteiger partial charge in [-0.1, -0.05) is 0 Å². The maximum Gasteiger partial charge on any atom is 0.287 e. The van der Waals surface area contributed by atoms with Gasteiger partial charge in [0.2, 0.25) is 0 Å². The Morgan fingerprint density at radius 1 is 1.53 bits per heavy atom. The molecule has 7 heteroatoms. The van der Waals surface area contributed by atoms with Crippen LogP contribution in [-0.2, 0) is 16.4 Å². The first kappa shape index (κ1) is 11.9. The molecule has 17 heavy (non-hydrogen) atoms. The average molecular weight is 256 g/mol. The van der Waals surface area contributed by atoms with E-state index in [0.717, 1.165) is 5.41 Å². The first-order chi connectivity index (χ1) is 8.00. The number of hydrogen-bond donors (Lipinski definition) is 2. The second kappa shape index (κ2) is 4.34. The second-order valence-electron chi connectivity index (χ2n) is 3.71. The lowest BCUT2D eigenvalue weighted by Crippen LogP contribution is -2.35. The highest BCUT2D eigenvalue weighted by atomic mass is 32.2. The summed E-state index contributed by atoms with van der Waals surface area (Å²) in [6.07, 6.45) is 1.44. The van der Waals surface area contributed by atoms with Crippen LogP contribution in [0.5, 0.6) is 0 Å². The second-order valence-corrected chi connectivity index (χ2v) is 5.64. The molecule has 1 aliphatic heterocycles. The maximum atomic E-state index is 11.7. The Labute approximate surface area is 98.4 Å². The molecule has 2 heterocycles. The molecule has 0 fully saturated rings.